The first kappa shape index (κ1) is 23.4. The fourth-order valence-electron chi connectivity index (χ4n) is 5.54. The molecule has 1 saturated carbocycles. The standard InChI is InChI=1S/C29H37IN2/c1-5-23-16-15-22(18-24(23)6-2)19-25-11-10-14-27(29(25)30)28-17-20(3)32(21(4)31-28)26-12-8-7-9-13-26/h10-11,14-16,18,26,28,31H,3-9,12-13,17,19H2,1-2H3. The summed E-state index contributed by atoms with van der Waals surface area (Å²) in [5, 5.41) is 3.74. The molecule has 2 aromatic carbocycles. The second-order valence-electron chi connectivity index (χ2n) is 9.38. The van der Waals surface area contributed by atoms with Crippen molar-refractivity contribution in [1.29, 1.82) is 0 Å². The molecule has 1 saturated heterocycles. The van der Waals surface area contributed by atoms with Crippen LogP contribution >= 0.6 is 22.6 Å². The first-order valence-corrected chi connectivity index (χ1v) is 13.4. The minimum atomic E-state index is 0.246. The van der Waals surface area contributed by atoms with E-state index in [9.17, 15) is 0 Å². The van der Waals surface area contributed by atoms with E-state index in [1.807, 2.05) is 0 Å². The highest BCUT2D eigenvalue weighted by Crippen LogP contribution is 2.37. The van der Waals surface area contributed by atoms with Gasteiger partial charge in [0, 0.05) is 21.7 Å². The average molecular weight is 541 g/mol. The molecule has 0 bridgehead atoms. The minimum absolute atomic E-state index is 0.246. The molecule has 1 N–H and O–H groups in total. The molecule has 170 valence electrons. The number of aryl methyl sites for hydroxylation is 2. The highest BCUT2D eigenvalue weighted by atomic mass is 127. The molecule has 0 amide bonds. The van der Waals surface area contributed by atoms with Crippen molar-refractivity contribution < 1.29 is 0 Å². The fourth-order valence-corrected chi connectivity index (χ4v) is 6.47. The van der Waals surface area contributed by atoms with Gasteiger partial charge in [-0.15, -0.1) is 0 Å². The highest BCUT2D eigenvalue weighted by molar-refractivity contribution is 14.1. The summed E-state index contributed by atoms with van der Waals surface area (Å²) < 4.78 is 1.37. The monoisotopic (exact) mass is 540 g/mol. The lowest BCUT2D eigenvalue weighted by Crippen LogP contribution is -2.45. The van der Waals surface area contributed by atoms with E-state index in [0.717, 1.165) is 31.5 Å². The summed E-state index contributed by atoms with van der Waals surface area (Å²) in [7, 11) is 0. The van der Waals surface area contributed by atoms with Gasteiger partial charge in [0.05, 0.1) is 11.9 Å². The molecule has 3 heteroatoms. The first-order valence-electron chi connectivity index (χ1n) is 12.3. The van der Waals surface area contributed by atoms with Gasteiger partial charge in [-0.2, -0.15) is 0 Å². The normalized spacial score (nSPS) is 19.8. The van der Waals surface area contributed by atoms with Crippen molar-refractivity contribution in [1.82, 2.24) is 10.2 Å². The Morgan fingerprint density at radius 3 is 2.41 bits per heavy atom. The zero-order chi connectivity index (χ0) is 22.7. The number of halogens is 1. The van der Waals surface area contributed by atoms with Crippen LogP contribution in [0.4, 0.5) is 0 Å². The van der Waals surface area contributed by atoms with Crippen LogP contribution in [0.15, 0.2) is 61.1 Å². The summed E-state index contributed by atoms with van der Waals surface area (Å²) in [5.41, 5.74) is 8.36. The lowest BCUT2D eigenvalue weighted by atomic mass is 9.91. The Morgan fingerprint density at radius 2 is 1.72 bits per heavy atom. The number of nitrogens with one attached hydrogen (secondary N) is 1. The van der Waals surface area contributed by atoms with E-state index < -0.39 is 0 Å². The molecule has 1 aliphatic carbocycles. The lowest BCUT2D eigenvalue weighted by molar-refractivity contribution is 0.197. The van der Waals surface area contributed by atoms with Crippen LogP contribution in [0.2, 0.25) is 0 Å². The van der Waals surface area contributed by atoms with Crippen molar-refractivity contribution in [3.05, 3.63) is 92.5 Å². The van der Waals surface area contributed by atoms with Crippen LogP contribution in [-0.2, 0) is 19.3 Å². The number of rotatable bonds is 6. The molecule has 0 aromatic heterocycles. The molecule has 2 fully saturated rings. The van der Waals surface area contributed by atoms with Crippen molar-refractivity contribution in [2.24, 2.45) is 0 Å². The Labute approximate surface area is 208 Å². The third-order valence-electron chi connectivity index (χ3n) is 7.26. The van der Waals surface area contributed by atoms with Gasteiger partial charge in [0.15, 0.2) is 0 Å². The molecule has 2 aromatic rings. The zero-order valence-electron chi connectivity index (χ0n) is 19.7. The number of nitrogens with zero attached hydrogens (tertiary/aromatic N) is 1. The molecule has 2 nitrogen and oxygen atoms in total. The molecule has 4 rings (SSSR count). The molecular weight excluding hydrogens is 503 g/mol. The topological polar surface area (TPSA) is 15.3 Å². The molecular formula is C29H37IN2. The number of benzene rings is 2. The smallest absolute Gasteiger partial charge is 0.0988 e. The molecule has 0 spiro atoms. The molecule has 1 aliphatic heterocycles. The quantitative estimate of drug-likeness (QED) is 0.379. The van der Waals surface area contributed by atoms with Crippen molar-refractivity contribution in [3.8, 4) is 0 Å². The Balaban J connectivity index is 1.53. The highest BCUT2D eigenvalue weighted by Gasteiger charge is 2.31. The molecule has 2 aliphatic rings. The van der Waals surface area contributed by atoms with Gasteiger partial charge in [-0.25, -0.2) is 0 Å². The maximum absolute atomic E-state index is 4.47. The van der Waals surface area contributed by atoms with Crippen LogP contribution in [-0.4, -0.2) is 10.9 Å². The molecule has 1 unspecified atom stereocenters. The van der Waals surface area contributed by atoms with Crippen LogP contribution in [0.25, 0.3) is 0 Å². The summed E-state index contributed by atoms with van der Waals surface area (Å²) in [4.78, 5) is 2.40. The number of hydrogen-bond donors (Lipinski definition) is 1. The van der Waals surface area contributed by atoms with Gasteiger partial charge in [0.1, 0.15) is 0 Å². The maximum Gasteiger partial charge on any atom is 0.0988 e. The van der Waals surface area contributed by atoms with Crippen LogP contribution < -0.4 is 5.32 Å². The van der Waals surface area contributed by atoms with E-state index >= 15 is 0 Å². The van der Waals surface area contributed by atoms with Gasteiger partial charge in [0.25, 0.3) is 0 Å². The van der Waals surface area contributed by atoms with Crippen LogP contribution in [0.1, 0.15) is 86.2 Å². The third-order valence-corrected chi connectivity index (χ3v) is 8.58. The minimum Gasteiger partial charge on any atom is -0.365 e. The van der Waals surface area contributed by atoms with E-state index in [1.54, 1.807) is 0 Å². The Kier molecular flexibility index (Phi) is 7.65. The molecule has 1 atom stereocenters. The van der Waals surface area contributed by atoms with E-state index in [4.69, 9.17) is 0 Å². The van der Waals surface area contributed by atoms with Crippen LogP contribution in [0.3, 0.4) is 0 Å². The van der Waals surface area contributed by atoms with Crippen molar-refractivity contribution >= 4 is 22.6 Å². The van der Waals surface area contributed by atoms with Gasteiger partial charge in [-0.1, -0.05) is 82.7 Å². The van der Waals surface area contributed by atoms with Crippen LogP contribution in [0.5, 0.6) is 0 Å². The second kappa shape index (κ2) is 10.5. The Morgan fingerprint density at radius 1 is 0.969 bits per heavy atom. The fraction of sp³-hybridized carbons (Fsp3) is 0.448. The second-order valence-corrected chi connectivity index (χ2v) is 10.5. The summed E-state index contributed by atoms with van der Waals surface area (Å²) in [6.07, 6.45) is 10.7. The lowest BCUT2D eigenvalue weighted by Gasteiger charge is -2.44. The van der Waals surface area contributed by atoms with Gasteiger partial charge >= 0.3 is 0 Å². The molecule has 0 radical (unpaired) electrons. The molecule has 32 heavy (non-hydrogen) atoms. The summed E-state index contributed by atoms with van der Waals surface area (Å²) in [6, 6.07) is 14.6. The largest absolute Gasteiger partial charge is 0.365 e. The van der Waals surface area contributed by atoms with Crippen molar-refractivity contribution in [3.63, 3.8) is 0 Å². The van der Waals surface area contributed by atoms with E-state index in [-0.39, 0.29) is 6.04 Å². The SMILES string of the molecule is C=C1CC(c2cccc(Cc3ccc(CC)c(CC)c3)c2I)NC(=C)N1C1CCCCC1. The van der Waals surface area contributed by atoms with Crippen molar-refractivity contribution in [2.45, 2.75) is 83.7 Å². The summed E-state index contributed by atoms with van der Waals surface area (Å²) in [5.74, 6) is 1.03. The predicted molar refractivity (Wildman–Crippen MR) is 145 cm³/mol. The third kappa shape index (κ3) is 4.93. The van der Waals surface area contributed by atoms with E-state index in [2.05, 4.69) is 96.2 Å². The van der Waals surface area contributed by atoms with Crippen molar-refractivity contribution in [2.75, 3.05) is 0 Å². The van der Waals surface area contributed by atoms with Gasteiger partial charge in [-0.05, 0) is 82.5 Å². The Bertz CT molecular complexity index is 969. The summed E-state index contributed by atoms with van der Waals surface area (Å²) >= 11 is 2.55. The van der Waals surface area contributed by atoms with Gasteiger partial charge < -0.3 is 10.2 Å². The van der Waals surface area contributed by atoms with Gasteiger partial charge in [-0.3, -0.25) is 0 Å². The zero-order valence-corrected chi connectivity index (χ0v) is 21.9. The summed E-state index contributed by atoms with van der Waals surface area (Å²) in [6.45, 7) is 13.4. The Hall–Kier alpha value is -1.75. The predicted octanol–water partition coefficient (Wildman–Crippen LogP) is 7.66. The first-order chi connectivity index (χ1) is 15.5. The van der Waals surface area contributed by atoms with Gasteiger partial charge in [0.2, 0.25) is 0 Å². The molecule has 1 heterocycles. The maximum atomic E-state index is 4.47. The van der Waals surface area contributed by atoms with E-state index in [0.29, 0.717) is 6.04 Å². The number of hydrogen-bond acceptors (Lipinski definition) is 2. The average Bonchev–Trinajstić information content (AvgIpc) is 2.80. The van der Waals surface area contributed by atoms with E-state index in [1.165, 1.54) is 69.2 Å². The van der Waals surface area contributed by atoms with Crippen LogP contribution in [0, 0.1) is 3.57 Å².